The first-order valence-corrected chi connectivity index (χ1v) is 12.5. The maximum Gasteiger partial charge on any atom is 0.261 e. The van der Waals surface area contributed by atoms with Crippen molar-refractivity contribution >= 4 is 27.3 Å². The zero-order valence-electron chi connectivity index (χ0n) is 18.5. The van der Waals surface area contributed by atoms with Crippen LogP contribution in [0.25, 0.3) is 11.4 Å². The molecular weight excluding hydrogens is 446 g/mol. The normalized spacial score (nSPS) is 17.3. The van der Waals surface area contributed by atoms with Crippen LogP contribution in [0.2, 0.25) is 5.02 Å². The second-order valence-corrected chi connectivity index (χ2v) is 11.3. The van der Waals surface area contributed by atoms with Gasteiger partial charge >= 0.3 is 0 Å². The number of hydrogen-bond acceptors (Lipinski definition) is 5. The minimum Gasteiger partial charge on any atom is -0.315 e. The molecule has 1 atom stereocenters. The van der Waals surface area contributed by atoms with E-state index in [1.165, 1.54) is 0 Å². The van der Waals surface area contributed by atoms with Crippen molar-refractivity contribution in [2.75, 3.05) is 17.8 Å². The van der Waals surface area contributed by atoms with Gasteiger partial charge in [0.1, 0.15) is 6.33 Å². The fourth-order valence-electron chi connectivity index (χ4n) is 3.90. The average Bonchev–Trinajstić information content (AvgIpc) is 3.25. The highest BCUT2D eigenvalue weighted by Crippen LogP contribution is 2.33. The molecule has 0 aliphatic carbocycles. The van der Waals surface area contributed by atoms with E-state index in [-0.39, 0.29) is 16.4 Å². The Labute approximate surface area is 194 Å². The SMILES string of the molecule is CC(C)(C)c1ccc(S(=O)(=O)Nc2ccc(Cl)cc2-c2nncn2C2CCCNC2)cc1. The van der Waals surface area contributed by atoms with Gasteiger partial charge in [0.2, 0.25) is 0 Å². The van der Waals surface area contributed by atoms with Crippen molar-refractivity contribution in [3.63, 3.8) is 0 Å². The summed E-state index contributed by atoms with van der Waals surface area (Å²) in [5.41, 5.74) is 2.01. The lowest BCUT2D eigenvalue weighted by atomic mass is 9.87. The molecule has 7 nitrogen and oxygen atoms in total. The second-order valence-electron chi connectivity index (χ2n) is 9.13. The standard InChI is InChI=1S/C23H28ClN5O2S/c1-23(2,3)16-6-9-19(10-7-16)32(30,31)28-21-11-8-17(24)13-20(21)22-27-26-15-29(22)18-5-4-12-25-14-18/h6-11,13,15,18,25,28H,4-5,12,14H2,1-3H3. The lowest BCUT2D eigenvalue weighted by molar-refractivity contribution is 0.373. The summed E-state index contributed by atoms with van der Waals surface area (Å²) in [6.07, 6.45) is 3.75. The zero-order valence-corrected chi connectivity index (χ0v) is 20.0. The van der Waals surface area contributed by atoms with Gasteiger partial charge in [0.05, 0.1) is 10.6 Å². The van der Waals surface area contributed by atoms with Crippen molar-refractivity contribution < 1.29 is 8.42 Å². The Hall–Kier alpha value is -2.42. The van der Waals surface area contributed by atoms with Gasteiger partial charge < -0.3 is 9.88 Å². The molecule has 1 aliphatic rings. The van der Waals surface area contributed by atoms with E-state index in [1.54, 1.807) is 36.7 Å². The fraction of sp³-hybridized carbons (Fsp3) is 0.391. The Morgan fingerprint density at radius 1 is 1.16 bits per heavy atom. The van der Waals surface area contributed by atoms with E-state index in [0.29, 0.717) is 22.1 Å². The number of benzene rings is 2. The third-order valence-electron chi connectivity index (χ3n) is 5.73. The number of hydrogen-bond donors (Lipinski definition) is 2. The van der Waals surface area contributed by atoms with E-state index in [4.69, 9.17) is 11.6 Å². The molecule has 9 heteroatoms. The number of aromatic nitrogens is 3. The molecule has 0 spiro atoms. The molecule has 32 heavy (non-hydrogen) atoms. The number of nitrogens with zero attached hydrogens (tertiary/aromatic N) is 3. The maximum atomic E-state index is 13.2. The Morgan fingerprint density at radius 3 is 2.56 bits per heavy atom. The van der Waals surface area contributed by atoms with E-state index in [2.05, 4.69) is 41.0 Å². The Balaban J connectivity index is 1.68. The molecule has 2 heterocycles. The highest BCUT2D eigenvalue weighted by molar-refractivity contribution is 7.92. The topological polar surface area (TPSA) is 88.9 Å². The molecule has 170 valence electrons. The predicted octanol–water partition coefficient (Wildman–Crippen LogP) is 4.62. The van der Waals surface area contributed by atoms with Gasteiger partial charge in [0, 0.05) is 23.2 Å². The molecule has 1 fully saturated rings. The molecular formula is C23H28ClN5O2S. The van der Waals surface area contributed by atoms with Crippen LogP contribution in [0.1, 0.15) is 45.2 Å². The molecule has 3 aromatic rings. The summed E-state index contributed by atoms with van der Waals surface area (Å²) in [5.74, 6) is 0.585. The number of sulfonamides is 1. The fourth-order valence-corrected chi connectivity index (χ4v) is 5.15. The van der Waals surface area contributed by atoms with Gasteiger partial charge in [0.25, 0.3) is 10.0 Å². The minimum atomic E-state index is -3.80. The van der Waals surface area contributed by atoms with Crippen LogP contribution in [0.3, 0.4) is 0 Å². The molecule has 2 aromatic carbocycles. The van der Waals surface area contributed by atoms with Gasteiger partial charge in [-0.2, -0.15) is 0 Å². The molecule has 0 amide bonds. The first kappa shape index (κ1) is 22.8. The Morgan fingerprint density at radius 2 is 1.91 bits per heavy atom. The summed E-state index contributed by atoms with van der Waals surface area (Å²) < 4.78 is 31.0. The summed E-state index contributed by atoms with van der Waals surface area (Å²) in [5, 5.41) is 12.3. The van der Waals surface area contributed by atoms with Crippen molar-refractivity contribution in [1.82, 2.24) is 20.1 Å². The molecule has 1 unspecified atom stereocenters. The highest BCUT2D eigenvalue weighted by Gasteiger charge is 2.23. The summed E-state index contributed by atoms with van der Waals surface area (Å²) in [6.45, 7) is 8.07. The van der Waals surface area contributed by atoms with Crippen LogP contribution in [0, 0.1) is 0 Å². The average molecular weight is 474 g/mol. The summed E-state index contributed by atoms with van der Waals surface area (Å²) in [4.78, 5) is 0.198. The van der Waals surface area contributed by atoms with Crippen LogP contribution >= 0.6 is 11.6 Å². The monoisotopic (exact) mass is 473 g/mol. The first-order valence-electron chi connectivity index (χ1n) is 10.7. The molecule has 0 radical (unpaired) electrons. The lowest BCUT2D eigenvalue weighted by Crippen LogP contribution is -2.31. The number of rotatable bonds is 5. The van der Waals surface area contributed by atoms with Gasteiger partial charge in [-0.25, -0.2) is 8.42 Å². The van der Waals surface area contributed by atoms with Crippen molar-refractivity contribution in [3.8, 4) is 11.4 Å². The summed E-state index contributed by atoms with van der Waals surface area (Å²) in [7, 11) is -3.80. The Bertz CT molecular complexity index is 1190. The molecule has 1 aromatic heterocycles. The van der Waals surface area contributed by atoms with Gasteiger partial charge in [-0.3, -0.25) is 4.72 Å². The zero-order chi connectivity index (χ0) is 22.9. The van der Waals surface area contributed by atoms with Crippen LogP contribution in [0.5, 0.6) is 0 Å². The largest absolute Gasteiger partial charge is 0.315 e. The van der Waals surface area contributed by atoms with E-state index < -0.39 is 10.0 Å². The van der Waals surface area contributed by atoms with Crippen molar-refractivity contribution in [2.45, 2.75) is 50.0 Å². The van der Waals surface area contributed by atoms with Crippen LogP contribution in [-0.4, -0.2) is 36.3 Å². The van der Waals surface area contributed by atoms with Crippen LogP contribution < -0.4 is 10.0 Å². The molecule has 2 N–H and O–H groups in total. The summed E-state index contributed by atoms with van der Waals surface area (Å²) in [6, 6.07) is 12.2. The molecule has 0 saturated carbocycles. The second kappa shape index (κ2) is 8.84. The van der Waals surface area contributed by atoms with Crippen molar-refractivity contribution in [2.24, 2.45) is 0 Å². The quantitative estimate of drug-likeness (QED) is 0.564. The number of piperidine rings is 1. The van der Waals surface area contributed by atoms with Gasteiger partial charge in [-0.15, -0.1) is 10.2 Å². The summed E-state index contributed by atoms with van der Waals surface area (Å²) >= 11 is 6.27. The third kappa shape index (κ3) is 4.82. The van der Waals surface area contributed by atoms with E-state index >= 15 is 0 Å². The highest BCUT2D eigenvalue weighted by atomic mass is 35.5. The third-order valence-corrected chi connectivity index (χ3v) is 7.35. The minimum absolute atomic E-state index is 0.0584. The Kier molecular flexibility index (Phi) is 6.29. The first-order chi connectivity index (χ1) is 15.1. The van der Waals surface area contributed by atoms with Gasteiger partial charge in [0.15, 0.2) is 5.82 Å². The smallest absolute Gasteiger partial charge is 0.261 e. The number of anilines is 1. The molecule has 1 aliphatic heterocycles. The molecule has 1 saturated heterocycles. The van der Waals surface area contributed by atoms with Crippen molar-refractivity contribution in [1.29, 1.82) is 0 Å². The number of nitrogens with one attached hydrogen (secondary N) is 2. The van der Waals surface area contributed by atoms with Crippen LogP contribution in [0.4, 0.5) is 5.69 Å². The van der Waals surface area contributed by atoms with Crippen LogP contribution in [-0.2, 0) is 15.4 Å². The van der Waals surface area contributed by atoms with Crippen LogP contribution in [0.15, 0.2) is 53.7 Å². The molecule has 0 bridgehead atoms. The van der Waals surface area contributed by atoms with E-state index in [9.17, 15) is 8.42 Å². The maximum absolute atomic E-state index is 13.2. The van der Waals surface area contributed by atoms with E-state index in [0.717, 1.165) is 31.5 Å². The molecule has 4 rings (SSSR count). The van der Waals surface area contributed by atoms with Gasteiger partial charge in [-0.1, -0.05) is 44.5 Å². The van der Waals surface area contributed by atoms with Crippen molar-refractivity contribution in [3.05, 3.63) is 59.4 Å². The number of halogens is 1. The van der Waals surface area contributed by atoms with Gasteiger partial charge in [-0.05, 0) is 60.7 Å². The predicted molar refractivity (Wildman–Crippen MR) is 128 cm³/mol. The van der Waals surface area contributed by atoms with E-state index in [1.807, 2.05) is 16.7 Å². The lowest BCUT2D eigenvalue weighted by Gasteiger charge is -2.25.